The summed E-state index contributed by atoms with van der Waals surface area (Å²) in [7, 11) is 0. The lowest BCUT2D eigenvalue weighted by Crippen LogP contribution is -2.54. The number of hydrogen-bond acceptors (Lipinski definition) is 4. The van der Waals surface area contributed by atoms with E-state index in [9.17, 15) is 14.4 Å². The zero-order chi connectivity index (χ0) is 17.4. The van der Waals surface area contributed by atoms with Crippen molar-refractivity contribution >= 4 is 57.1 Å². The molecule has 2 aromatic rings. The summed E-state index contributed by atoms with van der Waals surface area (Å²) in [5.74, 6) is -1.23. The number of benzene rings is 1. The predicted octanol–water partition coefficient (Wildman–Crippen LogP) is 3.67. The highest BCUT2D eigenvalue weighted by Crippen LogP contribution is 2.29. The molecule has 0 bridgehead atoms. The van der Waals surface area contributed by atoms with Crippen LogP contribution in [0.5, 0.6) is 0 Å². The van der Waals surface area contributed by atoms with Crippen molar-refractivity contribution in [1.82, 2.24) is 5.32 Å². The molecule has 0 spiro atoms. The summed E-state index contributed by atoms with van der Waals surface area (Å²) in [5.41, 5.74) is 0.650. The first kappa shape index (κ1) is 16.5. The third-order valence-electron chi connectivity index (χ3n) is 3.46. The summed E-state index contributed by atoms with van der Waals surface area (Å²) in [6, 6.07) is 7.23. The number of carbonyl (C=O) groups excluding carboxylic acids is 3. The van der Waals surface area contributed by atoms with Crippen molar-refractivity contribution in [1.29, 1.82) is 0 Å². The molecule has 1 saturated heterocycles. The molecule has 0 aliphatic carbocycles. The van der Waals surface area contributed by atoms with E-state index in [0.717, 1.165) is 4.90 Å². The maximum absolute atomic E-state index is 12.7. The number of urea groups is 1. The molecule has 0 unspecified atom stereocenters. The molecule has 122 valence electrons. The molecule has 1 aromatic carbocycles. The van der Waals surface area contributed by atoms with Gasteiger partial charge in [0, 0.05) is 5.02 Å². The highest BCUT2D eigenvalue weighted by molar-refractivity contribution is 9.10. The molecule has 3 rings (SSSR count). The van der Waals surface area contributed by atoms with E-state index >= 15 is 0 Å². The molecule has 2 heterocycles. The fraction of sp³-hybridized carbons (Fsp3) is 0.0625. The van der Waals surface area contributed by atoms with Gasteiger partial charge in [0.1, 0.15) is 11.3 Å². The van der Waals surface area contributed by atoms with Gasteiger partial charge >= 0.3 is 6.03 Å². The van der Waals surface area contributed by atoms with Gasteiger partial charge in [0.2, 0.25) is 0 Å². The summed E-state index contributed by atoms with van der Waals surface area (Å²) in [6.45, 7) is 1.68. The van der Waals surface area contributed by atoms with Crippen LogP contribution in [0.1, 0.15) is 11.3 Å². The fourth-order valence-electron chi connectivity index (χ4n) is 2.26. The van der Waals surface area contributed by atoms with Crippen LogP contribution in [0.25, 0.3) is 6.08 Å². The Balaban J connectivity index is 2.06. The lowest BCUT2D eigenvalue weighted by molar-refractivity contribution is -0.122. The average Bonchev–Trinajstić information content (AvgIpc) is 2.93. The number of anilines is 1. The SMILES string of the molecule is Cc1c(Cl)cccc1N1C(=O)NC(=O)/C(=C\c2ccc(Br)o2)C1=O. The summed E-state index contributed by atoms with van der Waals surface area (Å²) < 4.78 is 5.73. The van der Waals surface area contributed by atoms with E-state index in [1.165, 1.54) is 6.08 Å². The van der Waals surface area contributed by atoms with Crippen LogP contribution in [-0.2, 0) is 9.59 Å². The van der Waals surface area contributed by atoms with Gasteiger partial charge in [-0.05, 0) is 58.8 Å². The zero-order valence-electron chi connectivity index (χ0n) is 12.3. The predicted molar refractivity (Wildman–Crippen MR) is 91.6 cm³/mol. The zero-order valence-corrected chi connectivity index (χ0v) is 14.6. The lowest BCUT2D eigenvalue weighted by atomic mass is 10.1. The van der Waals surface area contributed by atoms with Gasteiger partial charge in [-0.2, -0.15) is 0 Å². The van der Waals surface area contributed by atoms with Gasteiger partial charge in [-0.1, -0.05) is 17.7 Å². The summed E-state index contributed by atoms with van der Waals surface area (Å²) in [6.07, 6.45) is 1.28. The number of barbiturate groups is 1. The Morgan fingerprint density at radius 1 is 1.21 bits per heavy atom. The van der Waals surface area contributed by atoms with Gasteiger partial charge in [0.25, 0.3) is 11.8 Å². The normalized spacial score (nSPS) is 16.7. The number of furan rings is 1. The Kier molecular flexibility index (Phi) is 4.29. The Morgan fingerprint density at radius 2 is 1.96 bits per heavy atom. The van der Waals surface area contributed by atoms with E-state index in [0.29, 0.717) is 26.7 Å². The highest BCUT2D eigenvalue weighted by Gasteiger charge is 2.37. The van der Waals surface area contributed by atoms with Crippen molar-refractivity contribution in [2.45, 2.75) is 6.92 Å². The number of rotatable bonds is 2. The van der Waals surface area contributed by atoms with E-state index in [2.05, 4.69) is 21.2 Å². The third-order valence-corrected chi connectivity index (χ3v) is 4.30. The number of nitrogens with zero attached hydrogens (tertiary/aromatic N) is 1. The minimum Gasteiger partial charge on any atom is -0.450 e. The Labute approximate surface area is 150 Å². The topological polar surface area (TPSA) is 79.6 Å². The van der Waals surface area contributed by atoms with E-state index in [1.807, 2.05) is 0 Å². The van der Waals surface area contributed by atoms with E-state index in [1.54, 1.807) is 37.3 Å². The first-order valence-electron chi connectivity index (χ1n) is 6.80. The molecular formula is C16H10BrClN2O4. The minimum absolute atomic E-state index is 0.212. The first-order chi connectivity index (χ1) is 11.4. The largest absolute Gasteiger partial charge is 0.450 e. The minimum atomic E-state index is -0.826. The van der Waals surface area contributed by atoms with Crippen LogP contribution in [-0.4, -0.2) is 17.8 Å². The van der Waals surface area contributed by atoms with Crippen LogP contribution in [0.4, 0.5) is 10.5 Å². The van der Waals surface area contributed by atoms with Crippen molar-refractivity contribution in [3.8, 4) is 0 Å². The van der Waals surface area contributed by atoms with Gasteiger partial charge in [-0.25, -0.2) is 9.69 Å². The fourth-order valence-corrected chi connectivity index (χ4v) is 2.75. The molecule has 0 saturated carbocycles. The second kappa shape index (κ2) is 6.26. The van der Waals surface area contributed by atoms with E-state index in [4.69, 9.17) is 16.0 Å². The Morgan fingerprint density at radius 3 is 2.62 bits per heavy atom. The molecule has 6 nitrogen and oxygen atoms in total. The molecule has 8 heteroatoms. The highest BCUT2D eigenvalue weighted by atomic mass is 79.9. The van der Waals surface area contributed by atoms with Crippen molar-refractivity contribution < 1.29 is 18.8 Å². The van der Waals surface area contributed by atoms with Crippen molar-refractivity contribution in [3.05, 3.63) is 56.9 Å². The second-order valence-electron chi connectivity index (χ2n) is 4.98. The maximum Gasteiger partial charge on any atom is 0.335 e. The molecule has 1 aliphatic rings. The van der Waals surface area contributed by atoms with Crippen LogP contribution < -0.4 is 10.2 Å². The Bertz CT molecular complexity index is 903. The first-order valence-corrected chi connectivity index (χ1v) is 7.97. The van der Waals surface area contributed by atoms with Crippen molar-refractivity contribution in [2.75, 3.05) is 4.90 Å². The Hall–Kier alpha value is -2.38. The standard InChI is InChI=1S/C16H10BrClN2O4/c1-8-11(18)3-2-4-12(8)20-15(22)10(14(21)19-16(20)23)7-9-5-6-13(17)24-9/h2-7H,1H3,(H,19,21,23)/b10-7+. The smallest absolute Gasteiger partial charge is 0.335 e. The number of carbonyl (C=O) groups is 3. The monoisotopic (exact) mass is 408 g/mol. The molecule has 1 aromatic heterocycles. The molecule has 1 N–H and O–H groups in total. The third kappa shape index (κ3) is 2.88. The number of imide groups is 2. The van der Waals surface area contributed by atoms with Crippen molar-refractivity contribution in [2.24, 2.45) is 0 Å². The van der Waals surface area contributed by atoms with Crippen molar-refractivity contribution in [3.63, 3.8) is 0 Å². The van der Waals surface area contributed by atoms with E-state index < -0.39 is 17.8 Å². The van der Waals surface area contributed by atoms with Crippen LogP contribution in [0.3, 0.4) is 0 Å². The van der Waals surface area contributed by atoms with Crippen LogP contribution in [0.2, 0.25) is 5.02 Å². The molecule has 24 heavy (non-hydrogen) atoms. The molecule has 1 fully saturated rings. The molecular weight excluding hydrogens is 400 g/mol. The summed E-state index contributed by atoms with van der Waals surface area (Å²) in [4.78, 5) is 37.8. The van der Waals surface area contributed by atoms with Gasteiger partial charge in [0.05, 0.1) is 5.69 Å². The average molecular weight is 410 g/mol. The van der Waals surface area contributed by atoms with Gasteiger partial charge in [-0.3, -0.25) is 14.9 Å². The quantitative estimate of drug-likeness (QED) is 0.606. The summed E-state index contributed by atoms with van der Waals surface area (Å²) >= 11 is 9.20. The molecule has 1 aliphatic heterocycles. The lowest BCUT2D eigenvalue weighted by Gasteiger charge is -2.27. The van der Waals surface area contributed by atoms with Gasteiger partial charge in [-0.15, -0.1) is 0 Å². The number of nitrogens with one attached hydrogen (secondary N) is 1. The van der Waals surface area contributed by atoms with Gasteiger partial charge in [0.15, 0.2) is 4.67 Å². The number of halogens is 2. The molecule has 0 atom stereocenters. The number of amides is 4. The number of hydrogen-bond donors (Lipinski definition) is 1. The summed E-state index contributed by atoms with van der Waals surface area (Å²) in [5, 5.41) is 2.55. The van der Waals surface area contributed by atoms with E-state index in [-0.39, 0.29) is 5.57 Å². The van der Waals surface area contributed by atoms with Crippen LogP contribution in [0, 0.1) is 6.92 Å². The second-order valence-corrected chi connectivity index (χ2v) is 6.17. The molecule has 4 amide bonds. The van der Waals surface area contributed by atoms with Crippen LogP contribution in [0.15, 0.2) is 45.0 Å². The van der Waals surface area contributed by atoms with Crippen LogP contribution >= 0.6 is 27.5 Å². The maximum atomic E-state index is 12.7. The van der Waals surface area contributed by atoms with Gasteiger partial charge < -0.3 is 4.42 Å². The molecule has 0 radical (unpaired) electrons.